The van der Waals surface area contributed by atoms with E-state index in [-0.39, 0.29) is 6.61 Å². The predicted molar refractivity (Wildman–Crippen MR) is 54.3 cm³/mol. The number of aromatic nitrogens is 2. The second kappa shape index (κ2) is 4.53. The van der Waals surface area contributed by atoms with Gasteiger partial charge in [0.1, 0.15) is 6.17 Å². The zero-order valence-corrected chi connectivity index (χ0v) is 8.43. The van der Waals surface area contributed by atoms with Gasteiger partial charge in [-0.1, -0.05) is 0 Å². The minimum atomic E-state index is -0.692. The van der Waals surface area contributed by atoms with Gasteiger partial charge in [0.25, 0.3) is 0 Å². The molecule has 4 nitrogen and oxygen atoms in total. The Bertz CT molecular complexity index is 326. The summed E-state index contributed by atoms with van der Waals surface area (Å²) in [4.78, 5) is 10.3. The van der Waals surface area contributed by atoms with Crippen molar-refractivity contribution in [1.29, 1.82) is 0 Å². The van der Waals surface area contributed by atoms with Gasteiger partial charge in [-0.25, -0.2) is 14.4 Å². The minimum Gasteiger partial charge on any atom is -0.390 e. The molecule has 1 aromatic rings. The highest BCUT2D eigenvalue weighted by Crippen LogP contribution is 2.17. The first-order chi connectivity index (χ1) is 7.29. The molecule has 2 rings (SSSR count). The molecule has 1 fully saturated rings. The summed E-state index contributed by atoms with van der Waals surface area (Å²) in [6.45, 7) is 1.21. The molecule has 0 aliphatic carbocycles. The van der Waals surface area contributed by atoms with Crippen LogP contribution in [0.2, 0.25) is 0 Å². The molecular formula is C10H14FN3O. The van der Waals surface area contributed by atoms with Crippen LogP contribution in [-0.4, -0.2) is 34.3 Å². The number of alkyl halides is 1. The molecular weight excluding hydrogens is 197 g/mol. The molecule has 5 heteroatoms. The predicted octanol–water partition coefficient (Wildman–Crippen LogP) is 0.907. The highest BCUT2D eigenvalue weighted by atomic mass is 19.1. The fraction of sp³-hybridized carbons (Fsp3) is 0.600. The smallest absolute Gasteiger partial charge is 0.225 e. The maximum absolute atomic E-state index is 12.9. The zero-order chi connectivity index (χ0) is 10.7. The molecule has 0 spiro atoms. The van der Waals surface area contributed by atoms with E-state index in [1.807, 2.05) is 4.90 Å². The number of halogens is 1. The van der Waals surface area contributed by atoms with Crippen molar-refractivity contribution in [2.45, 2.75) is 25.6 Å². The molecule has 15 heavy (non-hydrogen) atoms. The van der Waals surface area contributed by atoms with Crippen molar-refractivity contribution >= 4 is 5.95 Å². The topological polar surface area (TPSA) is 49.3 Å². The maximum Gasteiger partial charge on any atom is 0.225 e. The van der Waals surface area contributed by atoms with Crippen LogP contribution in [0.3, 0.4) is 0 Å². The number of anilines is 1. The fourth-order valence-electron chi connectivity index (χ4n) is 1.67. The Morgan fingerprint density at radius 3 is 2.87 bits per heavy atom. The molecule has 0 unspecified atom stereocenters. The summed E-state index contributed by atoms with van der Waals surface area (Å²) in [6.07, 6.45) is 2.00. The van der Waals surface area contributed by atoms with Crippen LogP contribution >= 0.6 is 0 Å². The van der Waals surface area contributed by atoms with E-state index in [4.69, 9.17) is 5.11 Å². The van der Waals surface area contributed by atoms with E-state index in [1.165, 1.54) is 0 Å². The van der Waals surface area contributed by atoms with Crippen LogP contribution in [0.5, 0.6) is 0 Å². The summed E-state index contributed by atoms with van der Waals surface area (Å²) in [5, 5.41) is 8.93. The number of hydrogen-bond donors (Lipinski definition) is 1. The number of aliphatic hydroxyl groups excluding tert-OH is 1. The van der Waals surface area contributed by atoms with Gasteiger partial charge in [-0.15, -0.1) is 0 Å². The van der Waals surface area contributed by atoms with E-state index in [2.05, 4.69) is 9.97 Å². The summed E-state index contributed by atoms with van der Waals surface area (Å²) in [5.74, 6) is 0.591. The molecule has 0 bridgehead atoms. The summed E-state index contributed by atoms with van der Waals surface area (Å²) < 4.78 is 12.9. The summed E-state index contributed by atoms with van der Waals surface area (Å²) >= 11 is 0. The van der Waals surface area contributed by atoms with Gasteiger partial charge in [-0.2, -0.15) is 0 Å². The molecule has 0 amide bonds. The number of aliphatic hydroxyl groups is 1. The third-order valence-corrected chi connectivity index (χ3v) is 2.57. The molecule has 1 aromatic heterocycles. The lowest BCUT2D eigenvalue weighted by Crippen LogP contribution is -2.35. The first kappa shape index (κ1) is 10.3. The van der Waals surface area contributed by atoms with E-state index in [0.717, 1.165) is 0 Å². The minimum absolute atomic E-state index is 0.0882. The Morgan fingerprint density at radius 2 is 2.20 bits per heavy atom. The first-order valence-electron chi connectivity index (χ1n) is 5.11. The van der Waals surface area contributed by atoms with Crippen LogP contribution in [0.4, 0.5) is 10.3 Å². The Balaban J connectivity index is 2.08. The number of nitrogens with zero attached hydrogens (tertiary/aromatic N) is 3. The summed E-state index contributed by atoms with van der Waals surface area (Å²) in [6, 6.07) is 1.67. The largest absolute Gasteiger partial charge is 0.390 e. The van der Waals surface area contributed by atoms with Crippen molar-refractivity contribution in [1.82, 2.24) is 9.97 Å². The average Bonchev–Trinajstić information content (AvgIpc) is 2.30. The van der Waals surface area contributed by atoms with Gasteiger partial charge in [0, 0.05) is 19.3 Å². The van der Waals surface area contributed by atoms with Gasteiger partial charge in [-0.3, -0.25) is 0 Å². The van der Waals surface area contributed by atoms with Crippen molar-refractivity contribution in [3.63, 3.8) is 0 Å². The van der Waals surface area contributed by atoms with E-state index in [9.17, 15) is 4.39 Å². The second-order valence-corrected chi connectivity index (χ2v) is 3.67. The number of piperidine rings is 1. The van der Waals surface area contributed by atoms with Crippen molar-refractivity contribution in [3.05, 3.63) is 18.0 Å². The number of rotatable bonds is 2. The molecule has 1 aliphatic rings. The molecule has 0 aromatic carbocycles. The van der Waals surface area contributed by atoms with Crippen molar-refractivity contribution in [3.8, 4) is 0 Å². The van der Waals surface area contributed by atoms with Crippen LogP contribution in [0.15, 0.2) is 12.3 Å². The van der Waals surface area contributed by atoms with Gasteiger partial charge in [0.15, 0.2) is 0 Å². The lowest BCUT2D eigenvalue weighted by atomic mass is 10.1. The third-order valence-electron chi connectivity index (χ3n) is 2.57. The van der Waals surface area contributed by atoms with Crippen molar-refractivity contribution < 1.29 is 9.50 Å². The van der Waals surface area contributed by atoms with Crippen molar-refractivity contribution in [2.24, 2.45) is 0 Å². The van der Waals surface area contributed by atoms with Crippen LogP contribution < -0.4 is 4.90 Å². The quantitative estimate of drug-likeness (QED) is 0.789. The fourth-order valence-corrected chi connectivity index (χ4v) is 1.67. The van der Waals surface area contributed by atoms with Crippen LogP contribution in [0, 0.1) is 0 Å². The van der Waals surface area contributed by atoms with Gasteiger partial charge < -0.3 is 10.0 Å². The van der Waals surface area contributed by atoms with Crippen LogP contribution in [0.25, 0.3) is 0 Å². The molecule has 1 aliphatic heterocycles. The van der Waals surface area contributed by atoms with Gasteiger partial charge in [-0.05, 0) is 18.9 Å². The molecule has 1 saturated heterocycles. The van der Waals surface area contributed by atoms with E-state index >= 15 is 0 Å². The average molecular weight is 211 g/mol. The van der Waals surface area contributed by atoms with Gasteiger partial charge >= 0.3 is 0 Å². The lowest BCUT2D eigenvalue weighted by molar-refractivity contribution is 0.272. The van der Waals surface area contributed by atoms with E-state index in [0.29, 0.717) is 37.6 Å². The highest BCUT2D eigenvalue weighted by molar-refractivity contribution is 5.30. The Labute approximate surface area is 87.8 Å². The maximum atomic E-state index is 12.9. The molecule has 1 N–H and O–H groups in total. The van der Waals surface area contributed by atoms with Crippen LogP contribution in [0.1, 0.15) is 18.5 Å². The highest BCUT2D eigenvalue weighted by Gasteiger charge is 2.20. The molecule has 0 radical (unpaired) electrons. The Morgan fingerprint density at radius 1 is 1.47 bits per heavy atom. The molecule has 0 saturated carbocycles. The molecule has 2 heterocycles. The second-order valence-electron chi connectivity index (χ2n) is 3.67. The normalized spacial score (nSPS) is 18.1. The molecule has 0 atom stereocenters. The standard InChI is InChI=1S/C10H14FN3O/c11-8-2-5-14(6-3-8)10-12-4-1-9(7-15)13-10/h1,4,8,15H,2-3,5-7H2. The van der Waals surface area contributed by atoms with Gasteiger partial charge in [0.2, 0.25) is 5.95 Å². The van der Waals surface area contributed by atoms with Crippen LogP contribution in [-0.2, 0) is 6.61 Å². The summed E-state index contributed by atoms with van der Waals surface area (Å²) in [5.41, 5.74) is 0.599. The van der Waals surface area contributed by atoms with Gasteiger partial charge in [0.05, 0.1) is 12.3 Å². The zero-order valence-electron chi connectivity index (χ0n) is 8.43. The number of hydrogen-bond acceptors (Lipinski definition) is 4. The third kappa shape index (κ3) is 2.41. The van der Waals surface area contributed by atoms with E-state index in [1.54, 1.807) is 12.3 Å². The monoisotopic (exact) mass is 211 g/mol. The lowest BCUT2D eigenvalue weighted by Gasteiger charge is -2.28. The Hall–Kier alpha value is -1.23. The molecule has 82 valence electrons. The summed E-state index contributed by atoms with van der Waals surface area (Å²) in [7, 11) is 0. The SMILES string of the molecule is OCc1ccnc(N2CCC(F)CC2)n1. The van der Waals surface area contributed by atoms with E-state index < -0.39 is 6.17 Å². The first-order valence-corrected chi connectivity index (χ1v) is 5.11. The Kier molecular flexibility index (Phi) is 3.11. The van der Waals surface area contributed by atoms with Crippen molar-refractivity contribution in [2.75, 3.05) is 18.0 Å².